The third kappa shape index (κ3) is 4.09. The summed E-state index contributed by atoms with van der Waals surface area (Å²) in [5.74, 6) is 0.248. The van der Waals surface area contributed by atoms with Crippen LogP contribution in [-0.4, -0.2) is 43.0 Å². The SMILES string of the molecule is COC(c1ccc2ccccc2c1)c1onc(C(=O)NCC2CCOC2)c1C(C)O. The number of nitrogens with zero attached hydrogens (tertiary/aromatic N) is 1. The van der Waals surface area contributed by atoms with Crippen LogP contribution in [0.3, 0.4) is 0 Å². The third-order valence-electron chi connectivity index (χ3n) is 5.51. The van der Waals surface area contributed by atoms with E-state index in [1.807, 2.05) is 42.5 Å². The first kappa shape index (κ1) is 20.5. The summed E-state index contributed by atoms with van der Waals surface area (Å²) in [4.78, 5) is 12.7. The predicted octanol–water partition coefficient (Wildman–Crippen LogP) is 3.38. The van der Waals surface area contributed by atoms with Gasteiger partial charge in [-0.05, 0) is 35.7 Å². The molecular weight excluding hydrogens is 384 g/mol. The highest BCUT2D eigenvalue weighted by molar-refractivity contribution is 5.94. The third-order valence-corrected chi connectivity index (χ3v) is 5.51. The molecular formula is C23H26N2O5. The van der Waals surface area contributed by atoms with Gasteiger partial charge >= 0.3 is 0 Å². The first-order valence-electron chi connectivity index (χ1n) is 10.1. The van der Waals surface area contributed by atoms with Gasteiger partial charge in [-0.2, -0.15) is 0 Å². The lowest BCUT2D eigenvalue weighted by molar-refractivity contribution is 0.0930. The molecule has 4 rings (SSSR count). The van der Waals surface area contributed by atoms with Crippen LogP contribution in [0, 0.1) is 5.92 Å². The van der Waals surface area contributed by atoms with E-state index in [-0.39, 0.29) is 11.6 Å². The van der Waals surface area contributed by atoms with Gasteiger partial charge in [0.15, 0.2) is 11.5 Å². The van der Waals surface area contributed by atoms with Gasteiger partial charge in [-0.25, -0.2) is 0 Å². The number of nitrogens with one attached hydrogen (secondary N) is 1. The van der Waals surface area contributed by atoms with Crippen LogP contribution in [0.4, 0.5) is 0 Å². The van der Waals surface area contributed by atoms with Gasteiger partial charge in [-0.15, -0.1) is 0 Å². The van der Waals surface area contributed by atoms with Gasteiger partial charge in [-0.1, -0.05) is 41.6 Å². The molecule has 1 fully saturated rings. The monoisotopic (exact) mass is 410 g/mol. The maximum atomic E-state index is 12.7. The quantitative estimate of drug-likeness (QED) is 0.620. The van der Waals surface area contributed by atoms with Crippen LogP contribution < -0.4 is 5.32 Å². The zero-order valence-electron chi connectivity index (χ0n) is 17.1. The van der Waals surface area contributed by atoms with Crippen LogP contribution in [0.2, 0.25) is 0 Å². The van der Waals surface area contributed by atoms with E-state index in [1.54, 1.807) is 14.0 Å². The standard InChI is InChI=1S/C23H26N2O5/c1-14(26)19-20(23(27)24-12-15-9-10-29-13-15)25-30-22(19)21(28-2)18-8-7-16-5-3-4-6-17(16)11-18/h3-8,11,14-15,21,26H,9-10,12-13H2,1-2H3,(H,24,27). The van der Waals surface area contributed by atoms with Crippen LogP contribution in [0.5, 0.6) is 0 Å². The van der Waals surface area contributed by atoms with Crippen molar-refractivity contribution < 1.29 is 23.9 Å². The Morgan fingerprint density at radius 2 is 2.10 bits per heavy atom. The second kappa shape index (κ2) is 8.95. The van der Waals surface area contributed by atoms with Crippen molar-refractivity contribution >= 4 is 16.7 Å². The molecule has 0 radical (unpaired) electrons. The van der Waals surface area contributed by atoms with Crippen molar-refractivity contribution in [3.63, 3.8) is 0 Å². The Morgan fingerprint density at radius 3 is 2.80 bits per heavy atom. The number of ether oxygens (including phenoxy) is 2. The van der Waals surface area contributed by atoms with Crippen LogP contribution in [0.25, 0.3) is 10.8 Å². The summed E-state index contributed by atoms with van der Waals surface area (Å²) < 4.78 is 16.6. The summed E-state index contributed by atoms with van der Waals surface area (Å²) in [6.45, 7) is 3.44. The van der Waals surface area contributed by atoms with Gasteiger partial charge in [0.2, 0.25) is 0 Å². The lowest BCUT2D eigenvalue weighted by atomic mass is 9.97. The summed E-state index contributed by atoms with van der Waals surface area (Å²) in [6.07, 6.45) is -0.627. The number of carbonyl (C=O) groups excluding carboxylic acids is 1. The molecule has 0 bridgehead atoms. The second-order valence-corrected chi connectivity index (χ2v) is 7.65. The number of carbonyl (C=O) groups is 1. The zero-order valence-corrected chi connectivity index (χ0v) is 17.1. The Morgan fingerprint density at radius 1 is 1.30 bits per heavy atom. The number of aliphatic hydroxyl groups is 1. The first-order valence-corrected chi connectivity index (χ1v) is 10.1. The van der Waals surface area contributed by atoms with Gasteiger partial charge in [0.1, 0.15) is 6.10 Å². The highest BCUT2D eigenvalue weighted by Gasteiger charge is 2.31. The molecule has 1 saturated heterocycles. The number of aliphatic hydroxyl groups excluding tert-OH is 1. The lowest BCUT2D eigenvalue weighted by Crippen LogP contribution is -2.30. The number of methoxy groups -OCH3 is 1. The van der Waals surface area contributed by atoms with Gasteiger partial charge in [0.25, 0.3) is 5.91 Å². The van der Waals surface area contributed by atoms with Crippen molar-refractivity contribution in [2.24, 2.45) is 5.92 Å². The molecule has 1 aliphatic rings. The van der Waals surface area contributed by atoms with E-state index in [0.29, 0.717) is 30.4 Å². The van der Waals surface area contributed by atoms with E-state index in [2.05, 4.69) is 10.5 Å². The van der Waals surface area contributed by atoms with Crippen molar-refractivity contribution in [2.45, 2.75) is 25.6 Å². The molecule has 30 heavy (non-hydrogen) atoms. The lowest BCUT2D eigenvalue weighted by Gasteiger charge is -2.16. The summed E-state index contributed by atoms with van der Waals surface area (Å²) in [7, 11) is 1.56. The van der Waals surface area contributed by atoms with E-state index in [0.717, 1.165) is 29.4 Å². The Bertz CT molecular complexity index is 1020. The van der Waals surface area contributed by atoms with Crippen LogP contribution in [-0.2, 0) is 9.47 Å². The Kier molecular flexibility index (Phi) is 6.13. The smallest absolute Gasteiger partial charge is 0.273 e. The second-order valence-electron chi connectivity index (χ2n) is 7.65. The number of hydrogen-bond acceptors (Lipinski definition) is 6. The molecule has 7 nitrogen and oxygen atoms in total. The summed E-state index contributed by atoms with van der Waals surface area (Å²) in [6, 6.07) is 14.0. The normalized spacial score (nSPS) is 18.4. The number of benzene rings is 2. The summed E-state index contributed by atoms with van der Waals surface area (Å²) in [5.41, 5.74) is 1.28. The fourth-order valence-electron chi connectivity index (χ4n) is 3.90. The zero-order chi connectivity index (χ0) is 21.1. The molecule has 2 N–H and O–H groups in total. The molecule has 1 aliphatic heterocycles. The van der Waals surface area contributed by atoms with Gasteiger partial charge in [0, 0.05) is 26.2 Å². The average molecular weight is 410 g/mol. The number of rotatable bonds is 7. The molecule has 0 saturated carbocycles. The minimum Gasteiger partial charge on any atom is -0.388 e. The fraction of sp³-hybridized carbons (Fsp3) is 0.391. The van der Waals surface area contributed by atoms with E-state index in [1.165, 1.54) is 0 Å². The van der Waals surface area contributed by atoms with Crippen molar-refractivity contribution in [1.82, 2.24) is 10.5 Å². The van der Waals surface area contributed by atoms with E-state index >= 15 is 0 Å². The maximum absolute atomic E-state index is 12.7. The van der Waals surface area contributed by atoms with Crippen molar-refractivity contribution in [3.05, 3.63) is 65.0 Å². The Balaban J connectivity index is 1.63. The number of fused-ring (bicyclic) bond motifs is 1. The molecule has 3 unspecified atom stereocenters. The largest absolute Gasteiger partial charge is 0.388 e. The van der Waals surface area contributed by atoms with Gasteiger partial charge in [0.05, 0.1) is 18.3 Å². The van der Waals surface area contributed by atoms with Crippen LogP contribution in [0.15, 0.2) is 47.0 Å². The number of amides is 1. The highest BCUT2D eigenvalue weighted by Crippen LogP contribution is 2.34. The molecule has 3 atom stereocenters. The van der Waals surface area contributed by atoms with Gasteiger partial charge in [-0.3, -0.25) is 4.79 Å². The molecule has 158 valence electrons. The molecule has 1 aromatic heterocycles. The molecule has 3 aromatic rings. The van der Waals surface area contributed by atoms with Crippen molar-refractivity contribution in [3.8, 4) is 0 Å². The van der Waals surface area contributed by atoms with E-state index in [4.69, 9.17) is 14.0 Å². The van der Waals surface area contributed by atoms with Crippen LogP contribution >= 0.6 is 0 Å². The maximum Gasteiger partial charge on any atom is 0.273 e. The first-order chi connectivity index (χ1) is 14.6. The van der Waals surface area contributed by atoms with E-state index < -0.39 is 12.2 Å². The molecule has 7 heteroatoms. The molecule has 2 aromatic carbocycles. The van der Waals surface area contributed by atoms with Gasteiger partial charge < -0.3 is 24.4 Å². The van der Waals surface area contributed by atoms with E-state index in [9.17, 15) is 9.90 Å². The summed E-state index contributed by atoms with van der Waals surface area (Å²) in [5, 5.41) is 19.4. The predicted molar refractivity (Wildman–Crippen MR) is 111 cm³/mol. The fourth-order valence-corrected chi connectivity index (χ4v) is 3.90. The topological polar surface area (TPSA) is 93.8 Å². The Labute approximate surface area is 175 Å². The molecule has 0 aliphatic carbocycles. The van der Waals surface area contributed by atoms with Crippen molar-refractivity contribution in [1.29, 1.82) is 0 Å². The Hall–Kier alpha value is -2.74. The number of aromatic nitrogens is 1. The average Bonchev–Trinajstić information content (AvgIpc) is 3.43. The van der Waals surface area contributed by atoms with Crippen molar-refractivity contribution in [2.75, 3.05) is 26.9 Å². The minimum atomic E-state index is -0.945. The summed E-state index contributed by atoms with van der Waals surface area (Å²) >= 11 is 0. The molecule has 1 amide bonds. The molecule has 2 heterocycles. The number of hydrogen-bond donors (Lipinski definition) is 2. The minimum absolute atomic E-state index is 0.0850. The highest BCUT2D eigenvalue weighted by atomic mass is 16.5. The molecule has 0 spiro atoms. The van der Waals surface area contributed by atoms with Crippen LogP contribution in [0.1, 0.15) is 52.9 Å².